The van der Waals surface area contributed by atoms with Gasteiger partial charge in [0.25, 0.3) is 0 Å². The van der Waals surface area contributed by atoms with Gasteiger partial charge < -0.3 is 0 Å². The van der Waals surface area contributed by atoms with Crippen LogP contribution in [0.15, 0.2) is 0 Å². The minimum atomic E-state index is -3.10. The largest absolute Gasteiger partial charge is 0.291 e. The van der Waals surface area contributed by atoms with Crippen LogP contribution in [0.1, 0.15) is 32.6 Å². The Kier molecular flexibility index (Phi) is 6.80. The summed E-state index contributed by atoms with van der Waals surface area (Å²) in [4.78, 5) is 9.80. The van der Waals surface area contributed by atoms with Crippen molar-refractivity contribution in [2.45, 2.75) is 32.6 Å². The van der Waals surface area contributed by atoms with Gasteiger partial charge in [0.15, 0.2) is 6.29 Å². The molecule has 0 aliphatic rings. The summed E-state index contributed by atoms with van der Waals surface area (Å²) in [7, 11) is -3.10. The quantitative estimate of drug-likeness (QED) is 0.591. The van der Waals surface area contributed by atoms with Crippen molar-refractivity contribution in [2.75, 3.05) is 12.3 Å². The van der Waals surface area contributed by atoms with Crippen LogP contribution in [0.5, 0.6) is 0 Å². The minimum absolute atomic E-state index is 0.175. The second-order valence-electron chi connectivity index (χ2n) is 2.81. The zero-order valence-corrected chi connectivity index (χ0v) is 8.69. The van der Waals surface area contributed by atoms with Gasteiger partial charge in [-0.25, -0.2) is 13.1 Å². The van der Waals surface area contributed by atoms with Crippen molar-refractivity contribution >= 4 is 16.3 Å². The summed E-state index contributed by atoms with van der Waals surface area (Å²) in [6.07, 6.45) is 4.06. The molecule has 13 heavy (non-hydrogen) atoms. The molecule has 0 saturated heterocycles. The zero-order valence-electron chi connectivity index (χ0n) is 7.88. The van der Waals surface area contributed by atoms with E-state index >= 15 is 0 Å². The number of nitrogens with one attached hydrogen (secondary N) is 1. The molecule has 0 amide bonds. The topological polar surface area (TPSA) is 63.2 Å². The molecule has 0 aliphatic carbocycles. The van der Waals surface area contributed by atoms with Crippen LogP contribution in [0, 0.1) is 0 Å². The maximum absolute atomic E-state index is 11.1. The molecule has 0 aromatic rings. The van der Waals surface area contributed by atoms with Crippen LogP contribution in [0.4, 0.5) is 0 Å². The number of sulfonamides is 1. The number of hydrogen-bond acceptors (Lipinski definition) is 3. The molecular weight excluding hydrogens is 190 g/mol. The van der Waals surface area contributed by atoms with Crippen molar-refractivity contribution < 1.29 is 13.2 Å². The van der Waals surface area contributed by atoms with Crippen LogP contribution in [0.25, 0.3) is 0 Å². The van der Waals surface area contributed by atoms with E-state index in [-0.39, 0.29) is 12.2 Å². The Balaban J connectivity index is 3.57. The maximum Gasteiger partial charge on any atom is 0.211 e. The van der Waals surface area contributed by atoms with Crippen molar-refractivity contribution in [2.24, 2.45) is 0 Å². The Bertz CT molecular complexity index is 224. The zero-order chi connectivity index (χ0) is 10.2. The monoisotopic (exact) mass is 206 g/mol. The van der Waals surface area contributed by atoms with E-state index in [2.05, 4.69) is 4.72 Å². The van der Waals surface area contributed by atoms with Crippen molar-refractivity contribution in [1.82, 2.24) is 4.72 Å². The molecule has 0 fully saturated rings. The number of rotatable bonds is 8. The van der Waals surface area contributed by atoms with Gasteiger partial charge in [-0.15, -0.1) is 0 Å². The molecule has 0 aromatic carbocycles. The first-order chi connectivity index (χ1) is 6.12. The first-order valence-electron chi connectivity index (χ1n) is 4.44. The summed E-state index contributed by atoms with van der Waals surface area (Å²) in [6.45, 7) is 2.28. The van der Waals surface area contributed by atoms with Crippen LogP contribution in [-0.4, -0.2) is 27.0 Å². The third kappa shape index (κ3) is 7.93. The van der Waals surface area contributed by atoms with Gasteiger partial charge in [-0.2, -0.15) is 0 Å². The first-order valence-corrected chi connectivity index (χ1v) is 6.10. The Hall–Kier alpha value is -0.420. The highest BCUT2D eigenvalue weighted by Gasteiger charge is 2.07. The van der Waals surface area contributed by atoms with Gasteiger partial charge in [-0.05, 0) is 12.8 Å². The summed E-state index contributed by atoms with van der Waals surface area (Å²) in [6, 6.07) is 0. The molecule has 0 atom stereocenters. The SMILES string of the molecule is CCCCS(=O)(=O)NCCC[C]=O. The molecule has 0 aromatic heterocycles. The summed E-state index contributed by atoms with van der Waals surface area (Å²) in [5.41, 5.74) is 0. The number of carbonyl (C=O) groups excluding carboxylic acids is 1. The second kappa shape index (κ2) is 7.03. The van der Waals surface area contributed by atoms with E-state index < -0.39 is 10.0 Å². The molecule has 4 nitrogen and oxygen atoms in total. The van der Waals surface area contributed by atoms with Crippen molar-refractivity contribution in [3.63, 3.8) is 0 Å². The molecule has 1 N–H and O–H groups in total. The van der Waals surface area contributed by atoms with Crippen LogP contribution in [0.2, 0.25) is 0 Å². The number of hydrogen-bond donors (Lipinski definition) is 1. The van der Waals surface area contributed by atoms with E-state index in [1.807, 2.05) is 6.92 Å². The molecule has 0 bridgehead atoms. The fourth-order valence-corrected chi connectivity index (χ4v) is 2.06. The molecule has 5 heteroatoms. The Morgan fingerprint density at radius 1 is 1.31 bits per heavy atom. The fraction of sp³-hybridized carbons (Fsp3) is 0.875. The lowest BCUT2D eigenvalue weighted by molar-refractivity contribution is 0.546. The Morgan fingerprint density at radius 3 is 2.54 bits per heavy atom. The van der Waals surface area contributed by atoms with Gasteiger partial charge in [-0.3, -0.25) is 4.79 Å². The first kappa shape index (κ1) is 12.6. The van der Waals surface area contributed by atoms with Crippen LogP contribution >= 0.6 is 0 Å². The molecule has 0 saturated carbocycles. The normalized spacial score (nSPS) is 11.5. The summed E-state index contributed by atoms with van der Waals surface area (Å²) in [5.74, 6) is 0.175. The highest BCUT2D eigenvalue weighted by atomic mass is 32.2. The van der Waals surface area contributed by atoms with E-state index in [1.165, 1.54) is 0 Å². The highest BCUT2D eigenvalue weighted by Crippen LogP contribution is 1.93. The predicted molar refractivity (Wildman–Crippen MR) is 51.6 cm³/mol. The highest BCUT2D eigenvalue weighted by molar-refractivity contribution is 7.89. The minimum Gasteiger partial charge on any atom is -0.291 e. The van der Waals surface area contributed by atoms with Gasteiger partial charge >= 0.3 is 0 Å². The Morgan fingerprint density at radius 2 is 2.00 bits per heavy atom. The molecule has 1 radical (unpaired) electrons. The number of unbranched alkanes of at least 4 members (excludes halogenated alkanes) is 2. The van der Waals surface area contributed by atoms with E-state index in [9.17, 15) is 13.2 Å². The Labute approximate surface area is 79.8 Å². The molecule has 0 spiro atoms. The van der Waals surface area contributed by atoms with E-state index in [0.29, 0.717) is 19.4 Å². The van der Waals surface area contributed by atoms with E-state index in [4.69, 9.17) is 0 Å². The summed E-state index contributed by atoms with van der Waals surface area (Å²) in [5, 5.41) is 0. The van der Waals surface area contributed by atoms with Gasteiger partial charge in [-0.1, -0.05) is 13.3 Å². The standard InChI is InChI=1S/C8H16NO3S/c1-2-3-8-13(11,12)9-6-4-5-7-10/h9H,2-6,8H2,1H3. The maximum atomic E-state index is 11.1. The van der Waals surface area contributed by atoms with Crippen molar-refractivity contribution in [1.29, 1.82) is 0 Å². The van der Waals surface area contributed by atoms with Crippen molar-refractivity contribution in [3.05, 3.63) is 0 Å². The summed E-state index contributed by atoms with van der Waals surface area (Å²) < 4.78 is 24.7. The van der Waals surface area contributed by atoms with Crippen molar-refractivity contribution in [3.8, 4) is 0 Å². The smallest absolute Gasteiger partial charge is 0.211 e. The van der Waals surface area contributed by atoms with E-state index in [1.54, 1.807) is 6.29 Å². The van der Waals surface area contributed by atoms with Crippen LogP contribution in [-0.2, 0) is 14.8 Å². The lowest BCUT2D eigenvalue weighted by Crippen LogP contribution is -2.27. The average molecular weight is 206 g/mol. The molecule has 77 valence electrons. The van der Waals surface area contributed by atoms with Gasteiger partial charge in [0.2, 0.25) is 10.0 Å². The molecule has 0 heterocycles. The second-order valence-corrected chi connectivity index (χ2v) is 4.74. The van der Waals surface area contributed by atoms with Crippen LogP contribution < -0.4 is 4.72 Å². The third-order valence-electron chi connectivity index (χ3n) is 1.54. The molecule has 0 rings (SSSR count). The lowest BCUT2D eigenvalue weighted by atomic mass is 10.3. The molecule has 0 aliphatic heterocycles. The third-order valence-corrected chi connectivity index (χ3v) is 3.01. The summed E-state index contributed by atoms with van der Waals surface area (Å²) >= 11 is 0. The van der Waals surface area contributed by atoms with Gasteiger partial charge in [0, 0.05) is 13.0 Å². The molecule has 0 unspecified atom stereocenters. The van der Waals surface area contributed by atoms with Gasteiger partial charge in [0.05, 0.1) is 5.75 Å². The fourth-order valence-electron chi connectivity index (χ4n) is 0.795. The van der Waals surface area contributed by atoms with E-state index in [0.717, 1.165) is 6.42 Å². The lowest BCUT2D eigenvalue weighted by Gasteiger charge is -2.03. The van der Waals surface area contributed by atoms with Crippen LogP contribution in [0.3, 0.4) is 0 Å². The average Bonchev–Trinajstić information content (AvgIpc) is 2.09. The van der Waals surface area contributed by atoms with Gasteiger partial charge in [0.1, 0.15) is 0 Å². The predicted octanol–water partition coefficient (Wildman–Crippen LogP) is 0.596. The molecular formula is C8H16NO3S.